The number of β-lactam (4-membered cyclic amide) rings is 1. The lowest BCUT2D eigenvalue weighted by molar-refractivity contribution is -0.163. The maximum Gasteiger partial charge on any atom is 0.334 e. The molecule has 0 aromatic carbocycles. The molecule has 2 rings (SSSR count). The van der Waals surface area contributed by atoms with Crippen LogP contribution in [-0.2, 0) is 24.4 Å². The molecule has 2 aliphatic heterocycles. The predicted molar refractivity (Wildman–Crippen MR) is 62.7 cm³/mol. The molecule has 8 nitrogen and oxygen atoms in total. The van der Waals surface area contributed by atoms with Gasteiger partial charge in [-0.05, 0) is 6.92 Å². The van der Waals surface area contributed by atoms with Crippen molar-refractivity contribution < 1.29 is 27.9 Å². The van der Waals surface area contributed by atoms with Crippen LogP contribution in [0.1, 0.15) is 13.3 Å². The first-order valence-corrected chi connectivity index (χ1v) is 7.36. The van der Waals surface area contributed by atoms with E-state index in [4.69, 9.17) is 5.11 Å². The first-order valence-electron chi connectivity index (χ1n) is 5.75. The number of carbonyl (C=O) groups excluding carboxylic acids is 2. The number of hydrogen-bond donors (Lipinski definition) is 1. The van der Waals surface area contributed by atoms with E-state index in [2.05, 4.69) is 0 Å². The number of sulfonamides is 1. The summed E-state index contributed by atoms with van der Waals surface area (Å²) in [6, 6.07) is -3.09. The minimum absolute atomic E-state index is 0.114. The van der Waals surface area contributed by atoms with Crippen LogP contribution in [0, 0.1) is 0 Å². The van der Waals surface area contributed by atoms with Gasteiger partial charge in [-0.1, -0.05) is 0 Å². The van der Waals surface area contributed by atoms with Gasteiger partial charge in [-0.3, -0.25) is 9.59 Å². The first-order chi connectivity index (χ1) is 8.72. The highest BCUT2D eigenvalue weighted by atomic mass is 32.2. The molecule has 1 N–H and O–H groups in total. The summed E-state index contributed by atoms with van der Waals surface area (Å²) in [5.41, 5.74) is 0. The van der Waals surface area contributed by atoms with Crippen molar-refractivity contribution in [2.75, 3.05) is 12.8 Å². The summed E-state index contributed by atoms with van der Waals surface area (Å²) in [4.78, 5) is 35.4. The highest BCUT2D eigenvalue weighted by molar-refractivity contribution is 7.89. The Kier molecular flexibility index (Phi) is 3.13. The van der Waals surface area contributed by atoms with Gasteiger partial charge in [-0.25, -0.2) is 13.2 Å². The van der Waals surface area contributed by atoms with Crippen LogP contribution in [0.4, 0.5) is 0 Å². The van der Waals surface area contributed by atoms with Crippen LogP contribution >= 0.6 is 0 Å². The summed E-state index contributed by atoms with van der Waals surface area (Å²) in [6.07, 6.45) is -0.114. The highest BCUT2D eigenvalue weighted by Crippen LogP contribution is 2.36. The molecule has 0 bridgehead atoms. The summed E-state index contributed by atoms with van der Waals surface area (Å²) >= 11 is 0. The van der Waals surface area contributed by atoms with E-state index in [9.17, 15) is 22.8 Å². The van der Waals surface area contributed by atoms with E-state index in [-0.39, 0.29) is 12.2 Å². The lowest BCUT2D eigenvalue weighted by Gasteiger charge is -2.46. The normalized spacial score (nSPS) is 30.5. The second-order valence-corrected chi connectivity index (χ2v) is 6.90. The summed E-state index contributed by atoms with van der Waals surface area (Å²) < 4.78 is 24.4. The second kappa shape index (κ2) is 4.27. The minimum Gasteiger partial charge on any atom is -0.479 e. The largest absolute Gasteiger partial charge is 0.479 e. The molecule has 2 fully saturated rings. The minimum atomic E-state index is -3.56. The smallest absolute Gasteiger partial charge is 0.334 e. The summed E-state index contributed by atoms with van der Waals surface area (Å²) in [6.45, 7) is 1.45. The molecule has 0 spiro atoms. The topological polar surface area (TPSA) is 112 Å². The molecule has 19 heavy (non-hydrogen) atoms. The summed E-state index contributed by atoms with van der Waals surface area (Å²) in [5, 5.41) is 8.91. The number of ketones is 1. The van der Waals surface area contributed by atoms with Crippen molar-refractivity contribution in [2.45, 2.75) is 31.5 Å². The fourth-order valence-electron chi connectivity index (χ4n) is 2.58. The van der Waals surface area contributed by atoms with Crippen molar-refractivity contribution in [3.8, 4) is 0 Å². The van der Waals surface area contributed by atoms with Crippen molar-refractivity contribution in [1.82, 2.24) is 9.21 Å². The van der Waals surface area contributed by atoms with E-state index in [1.165, 1.54) is 14.0 Å². The van der Waals surface area contributed by atoms with Gasteiger partial charge in [0, 0.05) is 13.5 Å². The Morgan fingerprint density at radius 3 is 2.53 bits per heavy atom. The van der Waals surface area contributed by atoms with Crippen LogP contribution in [0.2, 0.25) is 0 Å². The van der Waals surface area contributed by atoms with Gasteiger partial charge < -0.3 is 10.0 Å². The van der Waals surface area contributed by atoms with Crippen LogP contribution in [0.15, 0.2) is 0 Å². The monoisotopic (exact) mass is 290 g/mol. The Morgan fingerprint density at radius 1 is 1.47 bits per heavy atom. The number of carboxylic acid groups (broad SMARTS) is 1. The zero-order valence-corrected chi connectivity index (χ0v) is 11.3. The Labute approximate surface area is 110 Å². The predicted octanol–water partition coefficient (Wildman–Crippen LogP) is -1.73. The van der Waals surface area contributed by atoms with Crippen LogP contribution in [0.5, 0.6) is 0 Å². The standard InChI is InChI=1S/C10H14N2O6S/c1-3-19(17,18)11(2)7-5-4-6(13)8(10(15)16)12(5)9(7)14/h5,7-8H,3-4H2,1-2H3,(H,15,16). The zero-order valence-electron chi connectivity index (χ0n) is 10.4. The Balaban J connectivity index is 2.26. The molecule has 3 unspecified atom stereocenters. The van der Waals surface area contributed by atoms with Gasteiger partial charge in [0.2, 0.25) is 15.9 Å². The van der Waals surface area contributed by atoms with Gasteiger partial charge >= 0.3 is 5.97 Å². The second-order valence-electron chi connectivity index (χ2n) is 4.59. The molecular formula is C10H14N2O6S. The first kappa shape index (κ1) is 13.9. The van der Waals surface area contributed by atoms with Gasteiger partial charge in [0.15, 0.2) is 11.8 Å². The maximum absolute atomic E-state index is 11.9. The van der Waals surface area contributed by atoms with Gasteiger partial charge in [0.05, 0.1) is 11.8 Å². The molecule has 3 atom stereocenters. The van der Waals surface area contributed by atoms with Crippen LogP contribution in [0.3, 0.4) is 0 Å². The third kappa shape index (κ3) is 1.84. The number of hydrogen-bond acceptors (Lipinski definition) is 5. The van der Waals surface area contributed by atoms with E-state index in [0.717, 1.165) is 9.21 Å². The molecule has 0 saturated carbocycles. The van der Waals surface area contributed by atoms with Gasteiger partial charge in [0.25, 0.3) is 0 Å². The molecule has 1 amide bonds. The zero-order chi connectivity index (χ0) is 14.5. The lowest BCUT2D eigenvalue weighted by atomic mass is 9.96. The number of carbonyl (C=O) groups is 3. The van der Waals surface area contributed by atoms with Crippen molar-refractivity contribution in [2.24, 2.45) is 0 Å². The van der Waals surface area contributed by atoms with E-state index in [1.54, 1.807) is 0 Å². The molecule has 2 saturated heterocycles. The van der Waals surface area contributed by atoms with Crippen LogP contribution in [-0.4, -0.2) is 71.3 Å². The summed E-state index contributed by atoms with van der Waals surface area (Å²) in [5.74, 6) is -2.71. The molecule has 0 aromatic rings. The average molecular weight is 290 g/mol. The third-order valence-electron chi connectivity index (χ3n) is 3.65. The number of Topliss-reactive ketones (excluding diaryl/α,β-unsaturated/α-hetero) is 1. The number of rotatable bonds is 4. The fraction of sp³-hybridized carbons (Fsp3) is 0.700. The van der Waals surface area contributed by atoms with Gasteiger partial charge in [-0.15, -0.1) is 0 Å². The van der Waals surface area contributed by atoms with Crippen LogP contribution < -0.4 is 0 Å². The number of amides is 1. The highest BCUT2D eigenvalue weighted by Gasteiger charge is 2.62. The number of aliphatic carboxylic acids is 1. The van der Waals surface area contributed by atoms with Crippen molar-refractivity contribution in [3.63, 3.8) is 0 Å². The third-order valence-corrected chi connectivity index (χ3v) is 5.49. The maximum atomic E-state index is 11.9. The molecule has 9 heteroatoms. The molecular weight excluding hydrogens is 276 g/mol. The van der Waals surface area contributed by atoms with Gasteiger partial charge in [0.1, 0.15) is 6.04 Å². The SMILES string of the molecule is CCS(=O)(=O)N(C)C1C(=O)N2C(C(=O)O)C(=O)CC12. The molecule has 106 valence electrons. The van der Waals surface area contributed by atoms with Gasteiger partial charge in [-0.2, -0.15) is 4.31 Å². The molecule has 2 heterocycles. The van der Waals surface area contributed by atoms with E-state index < -0.39 is 45.8 Å². The Morgan fingerprint density at radius 2 is 2.05 bits per heavy atom. The molecule has 2 aliphatic rings. The molecule has 0 aromatic heterocycles. The number of likely N-dealkylation sites (N-methyl/N-ethyl adjacent to an activating group) is 1. The fourth-order valence-corrected chi connectivity index (χ4v) is 3.57. The number of nitrogens with zero attached hydrogens (tertiary/aromatic N) is 2. The summed E-state index contributed by atoms with van der Waals surface area (Å²) in [7, 11) is -2.28. The number of fused-ring (bicyclic) bond motifs is 1. The Bertz CT molecular complexity index is 556. The average Bonchev–Trinajstić information content (AvgIpc) is 2.63. The van der Waals surface area contributed by atoms with E-state index >= 15 is 0 Å². The van der Waals surface area contributed by atoms with Crippen molar-refractivity contribution in [1.29, 1.82) is 0 Å². The van der Waals surface area contributed by atoms with Crippen LogP contribution in [0.25, 0.3) is 0 Å². The quantitative estimate of drug-likeness (QED) is 0.486. The van der Waals surface area contributed by atoms with Crippen molar-refractivity contribution >= 4 is 27.7 Å². The van der Waals surface area contributed by atoms with Crippen molar-refractivity contribution in [3.05, 3.63) is 0 Å². The number of carboxylic acids is 1. The molecule has 0 radical (unpaired) electrons. The van der Waals surface area contributed by atoms with E-state index in [0.29, 0.717) is 0 Å². The van der Waals surface area contributed by atoms with E-state index in [1.807, 2.05) is 0 Å². The molecule has 0 aliphatic carbocycles. The Hall–Kier alpha value is -1.48. The lowest BCUT2D eigenvalue weighted by Crippen LogP contribution is -2.70.